The third-order valence-corrected chi connectivity index (χ3v) is 15.1. The van der Waals surface area contributed by atoms with E-state index in [1.807, 2.05) is 96.1 Å². The third-order valence-electron chi connectivity index (χ3n) is 14.3. The Morgan fingerprint density at radius 1 is 0.887 bits per heavy atom. The van der Waals surface area contributed by atoms with Crippen LogP contribution in [0, 0.1) is 29.1 Å². The van der Waals surface area contributed by atoms with Gasteiger partial charge in [-0.15, -0.1) is 18.3 Å². The summed E-state index contributed by atoms with van der Waals surface area (Å²) in [5.41, 5.74) is 5.37. The standard InChI is InChI=1S/C60H61N3O7S/c1-3-34-67-60-56(63(59(66)44-24-22-41(38-61)23-25-44)39-46-19-13-18-43-16-7-8-20-50(43)46)37-54(62-68-40-42-14-5-4-6-15-42)52-35-45(17-9-11-32-64)51(21-10-12-33-65)57(58(52)60)53-36-48(28-31-55(53)70-60)69-47-26-29-49(71-2)30-27-47/h3-8,13-16,18-20,22-31,35-36,45,51,56-58,64-65H,1,9-12,17,21,32-34,37,39-40H2,2H3. The lowest BCUT2D eigenvalue weighted by molar-refractivity contribution is -0.255. The van der Waals surface area contributed by atoms with E-state index < -0.39 is 17.7 Å². The van der Waals surface area contributed by atoms with Gasteiger partial charge >= 0.3 is 0 Å². The number of hydrogen-bond donors (Lipinski definition) is 2. The lowest BCUT2D eigenvalue weighted by atomic mass is 9.55. The molecule has 6 aromatic rings. The molecule has 6 atom stereocenters. The molecule has 1 aliphatic heterocycles. The third kappa shape index (κ3) is 10.7. The van der Waals surface area contributed by atoms with Gasteiger partial charge in [0.2, 0.25) is 5.79 Å². The van der Waals surface area contributed by atoms with Crippen molar-refractivity contribution in [1.29, 1.82) is 5.26 Å². The van der Waals surface area contributed by atoms with Gasteiger partial charge in [-0.2, -0.15) is 5.26 Å². The van der Waals surface area contributed by atoms with Crippen LogP contribution in [0.2, 0.25) is 0 Å². The molecule has 10 nitrogen and oxygen atoms in total. The second-order valence-electron chi connectivity index (χ2n) is 18.6. The van der Waals surface area contributed by atoms with E-state index >= 15 is 4.79 Å². The number of oxime groups is 1. The molecule has 11 heteroatoms. The molecule has 0 aromatic heterocycles. The van der Waals surface area contributed by atoms with Crippen LogP contribution in [0.25, 0.3) is 10.8 Å². The number of nitrogens with zero attached hydrogens (tertiary/aromatic N) is 3. The Morgan fingerprint density at radius 2 is 1.62 bits per heavy atom. The van der Waals surface area contributed by atoms with Crippen LogP contribution in [0.1, 0.15) is 83.5 Å². The first-order valence-electron chi connectivity index (χ1n) is 24.7. The van der Waals surface area contributed by atoms with Gasteiger partial charge in [-0.3, -0.25) is 4.79 Å². The Kier molecular flexibility index (Phi) is 16.0. The molecule has 1 heterocycles. The molecule has 6 unspecified atom stereocenters. The number of fused-ring (bicyclic) bond motifs is 3. The average molecular weight is 968 g/mol. The van der Waals surface area contributed by atoms with Gasteiger partial charge < -0.3 is 34.2 Å². The normalized spacial score (nSPS) is 21.5. The van der Waals surface area contributed by atoms with Gasteiger partial charge in [0, 0.05) is 48.1 Å². The van der Waals surface area contributed by atoms with Crippen LogP contribution in [0.4, 0.5) is 0 Å². The van der Waals surface area contributed by atoms with Crippen LogP contribution in [0.3, 0.4) is 0 Å². The molecule has 3 aliphatic rings. The highest BCUT2D eigenvalue weighted by molar-refractivity contribution is 7.98. The van der Waals surface area contributed by atoms with Crippen molar-refractivity contribution < 1.29 is 34.1 Å². The van der Waals surface area contributed by atoms with Gasteiger partial charge in [-0.25, -0.2) is 0 Å². The monoisotopic (exact) mass is 967 g/mol. The van der Waals surface area contributed by atoms with E-state index in [1.165, 1.54) is 0 Å². The Labute approximate surface area is 421 Å². The lowest BCUT2D eigenvalue weighted by Crippen LogP contribution is -2.70. The van der Waals surface area contributed by atoms with Crippen LogP contribution in [0.5, 0.6) is 17.2 Å². The van der Waals surface area contributed by atoms with E-state index in [-0.39, 0.29) is 63.1 Å². The number of unbranched alkanes of at least 4 members (excludes halogenated alkanes) is 2. The molecule has 0 bridgehead atoms. The molecule has 1 amide bonds. The smallest absolute Gasteiger partial charge is 0.254 e. The quantitative estimate of drug-likeness (QED) is 0.0313. The summed E-state index contributed by atoms with van der Waals surface area (Å²) < 4.78 is 21.5. The van der Waals surface area contributed by atoms with Crippen molar-refractivity contribution in [3.63, 3.8) is 0 Å². The molecule has 6 aromatic carbocycles. The first-order chi connectivity index (χ1) is 34.9. The van der Waals surface area contributed by atoms with Crippen LogP contribution in [-0.2, 0) is 22.7 Å². The second-order valence-corrected chi connectivity index (χ2v) is 19.4. The number of thioether (sulfide) groups is 1. The van der Waals surface area contributed by atoms with E-state index in [4.69, 9.17) is 24.2 Å². The Bertz CT molecular complexity index is 2890. The number of carbonyl (C=O) groups is 1. The van der Waals surface area contributed by atoms with Crippen molar-refractivity contribution >= 4 is 34.2 Å². The minimum absolute atomic E-state index is 0.0189. The first-order valence-corrected chi connectivity index (χ1v) is 25.9. The zero-order valence-corrected chi connectivity index (χ0v) is 41.0. The summed E-state index contributed by atoms with van der Waals surface area (Å²) in [6.45, 7) is 4.85. The van der Waals surface area contributed by atoms with Crippen LogP contribution < -0.4 is 9.47 Å². The van der Waals surface area contributed by atoms with Gasteiger partial charge in [0.1, 0.15) is 29.9 Å². The zero-order valence-electron chi connectivity index (χ0n) is 40.2. The minimum Gasteiger partial charge on any atom is -0.459 e. The number of hydrogen-bond acceptors (Lipinski definition) is 10. The van der Waals surface area contributed by atoms with Gasteiger partial charge in [0.05, 0.1) is 29.9 Å². The number of allylic oxidation sites excluding steroid dienone is 1. The molecular formula is C60H61N3O7S. The Hall–Kier alpha value is -6.68. The predicted molar refractivity (Wildman–Crippen MR) is 279 cm³/mol. The van der Waals surface area contributed by atoms with Crippen LogP contribution >= 0.6 is 11.8 Å². The summed E-state index contributed by atoms with van der Waals surface area (Å²) in [5, 5.41) is 37.1. The highest BCUT2D eigenvalue weighted by atomic mass is 32.2. The molecule has 2 N–H and O–H groups in total. The second kappa shape index (κ2) is 23.0. The fraction of sp³-hybridized carbons (Fsp3) is 0.317. The number of aliphatic hydroxyl groups excluding tert-OH is 2. The van der Waals surface area contributed by atoms with E-state index in [9.17, 15) is 15.5 Å². The van der Waals surface area contributed by atoms with Crippen LogP contribution in [-0.4, -0.2) is 64.6 Å². The number of rotatable bonds is 21. The number of benzene rings is 6. The van der Waals surface area contributed by atoms with E-state index in [0.29, 0.717) is 46.9 Å². The minimum atomic E-state index is -1.50. The van der Waals surface area contributed by atoms with E-state index in [0.717, 1.165) is 63.6 Å². The van der Waals surface area contributed by atoms with Crippen molar-refractivity contribution in [3.8, 4) is 23.3 Å². The topological polar surface area (TPSA) is 134 Å². The van der Waals surface area contributed by atoms with Gasteiger partial charge in [0.15, 0.2) is 0 Å². The maximum atomic E-state index is 15.7. The molecule has 1 saturated carbocycles. The number of ether oxygens (including phenoxy) is 3. The van der Waals surface area contributed by atoms with Crippen molar-refractivity contribution in [2.24, 2.45) is 22.9 Å². The summed E-state index contributed by atoms with van der Waals surface area (Å²) >= 11 is 1.67. The van der Waals surface area contributed by atoms with Gasteiger partial charge in [-0.05, 0) is 138 Å². The van der Waals surface area contributed by atoms with Gasteiger partial charge in [0.25, 0.3) is 5.91 Å². The molecule has 1 fully saturated rings. The molecule has 9 rings (SSSR count). The fourth-order valence-corrected chi connectivity index (χ4v) is 11.4. The lowest BCUT2D eigenvalue weighted by Gasteiger charge is -2.60. The number of carbonyl (C=O) groups excluding carboxylic acids is 1. The van der Waals surface area contributed by atoms with E-state index in [1.54, 1.807) is 42.1 Å². The molecule has 2 aliphatic carbocycles. The Balaban J connectivity index is 1.28. The summed E-state index contributed by atoms with van der Waals surface area (Å²) in [4.78, 5) is 25.1. The van der Waals surface area contributed by atoms with E-state index in [2.05, 4.69) is 49.1 Å². The zero-order chi connectivity index (χ0) is 49.2. The summed E-state index contributed by atoms with van der Waals surface area (Å²) in [7, 11) is 0. The molecular weight excluding hydrogens is 907 g/mol. The molecule has 0 spiro atoms. The highest BCUT2D eigenvalue weighted by Gasteiger charge is 2.65. The molecule has 71 heavy (non-hydrogen) atoms. The van der Waals surface area contributed by atoms with Crippen LogP contribution in [0.15, 0.2) is 174 Å². The largest absolute Gasteiger partial charge is 0.459 e. The molecule has 364 valence electrons. The predicted octanol–water partition coefficient (Wildman–Crippen LogP) is 12.4. The van der Waals surface area contributed by atoms with Gasteiger partial charge in [-0.1, -0.05) is 103 Å². The first kappa shape index (κ1) is 49.3. The van der Waals surface area contributed by atoms with Crippen molar-refractivity contribution in [1.82, 2.24) is 4.90 Å². The summed E-state index contributed by atoms with van der Waals surface area (Å²) in [6, 6.07) is 46.5. The van der Waals surface area contributed by atoms with Crippen molar-refractivity contribution in [2.45, 2.75) is 80.7 Å². The molecule has 0 radical (unpaired) electrons. The number of amides is 1. The molecule has 0 saturated heterocycles. The maximum absolute atomic E-state index is 15.7. The summed E-state index contributed by atoms with van der Waals surface area (Å²) in [6.07, 6.45) is 10.9. The number of nitriles is 1. The highest BCUT2D eigenvalue weighted by Crippen LogP contribution is 2.62. The number of aliphatic hydroxyl groups is 2. The average Bonchev–Trinajstić information content (AvgIpc) is 3.41. The summed E-state index contributed by atoms with van der Waals surface area (Å²) in [5.74, 6) is -0.471. The van der Waals surface area contributed by atoms with Crippen molar-refractivity contribution in [3.05, 3.63) is 192 Å². The fourth-order valence-electron chi connectivity index (χ4n) is 11.0. The maximum Gasteiger partial charge on any atom is 0.254 e. The Morgan fingerprint density at radius 3 is 2.37 bits per heavy atom. The van der Waals surface area contributed by atoms with Crippen molar-refractivity contribution in [2.75, 3.05) is 26.1 Å². The SMILES string of the molecule is C=CCOC12Oc3ccc(Oc4ccc(SC)cc4)cc3C3C(CCCCO)C(CCCCO)C=C(C(=NOCc4ccccc4)CC1N(Cc1cccc4ccccc14)C(=O)c1ccc(C#N)cc1)C32.